The number of anilines is 1. The van der Waals surface area contributed by atoms with Crippen molar-refractivity contribution in [1.82, 2.24) is 9.21 Å². The van der Waals surface area contributed by atoms with Crippen molar-refractivity contribution in [2.24, 2.45) is 5.41 Å². The van der Waals surface area contributed by atoms with Crippen LogP contribution in [-0.4, -0.2) is 69.5 Å². The molecule has 1 aliphatic heterocycles. The summed E-state index contributed by atoms with van der Waals surface area (Å²) in [5, 5.41) is 2.83. The van der Waals surface area contributed by atoms with Gasteiger partial charge in [-0.3, -0.25) is 9.69 Å². The molecule has 0 spiro atoms. The summed E-state index contributed by atoms with van der Waals surface area (Å²) in [5.41, 5.74) is 1.19. The van der Waals surface area contributed by atoms with Gasteiger partial charge in [0.05, 0.1) is 24.7 Å². The van der Waals surface area contributed by atoms with Gasteiger partial charge in [-0.25, -0.2) is 8.42 Å². The van der Waals surface area contributed by atoms with Crippen molar-refractivity contribution in [3.8, 4) is 0 Å². The lowest BCUT2D eigenvalue weighted by Gasteiger charge is -2.34. The molecule has 2 rings (SSSR count). The van der Waals surface area contributed by atoms with Gasteiger partial charge in [-0.15, -0.1) is 0 Å². The maximum Gasteiger partial charge on any atom is 0.243 e. The Morgan fingerprint density at radius 3 is 2.46 bits per heavy atom. The van der Waals surface area contributed by atoms with Crippen LogP contribution in [-0.2, 0) is 19.6 Å². The number of rotatable bonds is 6. The second kappa shape index (κ2) is 8.90. The number of amides is 1. The topological polar surface area (TPSA) is 79.0 Å². The second-order valence-corrected chi connectivity index (χ2v) is 10.4. The van der Waals surface area contributed by atoms with Crippen molar-refractivity contribution in [1.29, 1.82) is 0 Å². The van der Waals surface area contributed by atoms with E-state index in [0.717, 1.165) is 0 Å². The molecule has 0 radical (unpaired) electrons. The molecule has 158 valence electrons. The van der Waals surface area contributed by atoms with Crippen molar-refractivity contribution in [3.05, 3.63) is 23.8 Å². The highest BCUT2D eigenvalue weighted by atomic mass is 32.2. The van der Waals surface area contributed by atoms with Gasteiger partial charge in [-0.05, 0) is 44.0 Å². The van der Waals surface area contributed by atoms with E-state index in [1.54, 1.807) is 25.1 Å². The third-order valence-corrected chi connectivity index (χ3v) is 7.41. The average molecular weight is 412 g/mol. The summed E-state index contributed by atoms with van der Waals surface area (Å²) in [6.07, 6.45) is 0. The number of hydrogen-bond acceptors (Lipinski definition) is 5. The zero-order valence-corrected chi connectivity index (χ0v) is 18.6. The van der Waals surface area contributed by atoms with Gasteiger partial charge < -0.3 is 10.1 Å². The first kappa shape index (κ1) is 22.8. The van der Waals surface area contributed by atoms with Crippen LogP contribution in [0.15, 0.2) is 23.1 Å². The number of sulfonamides is 1. The molecule has 1 fully saturated rings. The van der Waals surface area contributed by atoms with Crippen molar-refractivity contribution in [3.63, 3.8) is 0 Å². The first-order valence-electron chi connectivity index (χ1n) is 9.61. The fraction of sp³-hybridized carbons (Fsp3) is 0.650. The van der Waals surface area contributed by atoms with E-state index < -0.39 is 10.0 Å². The Labute approximate surface area is 169 Å². The van der Waals surface area contributed by atoms with Crippen LogP contribution in [0.25, 0.3) is 0 Å². The van der Waals surface area contributed by atoms with Crippen molar-refractivity contribution >= 4 is 21.6 Å². The Morgan fingerprint density at radius 1 is 1.29 bits per heavy atom. The highest BCUT2D eigenvalue weighted by Crippen LogP contribution is 2.25. The second-order valence-electron chi connectivity index (χ2n) is 8.50. The van der Waals surface area contributed by atoms with Crippen LogP contribution in [0.2, 0.25) is 0 Å². The number of likely N-dealkylation sites (N-methyl/N-ethyl adjacent to an activating group) is 1. The average Bonchev–Trinajstić information content (AvgIpc) is 2.62. The molecule has 0 aliphatic carbocycles. The van der Waals surface area contributed by atoms with Gasteiger partial charge in [0.15, 0.2) is 0 Å². The van der Waals surface area contributed by atoms with Gasteiger partial charge in [0, 0.05) is 24.8 Å². The van der Waals surface area contributed by atoms with Gasteiger partial charge in [0.1, 0.15) is 0 Å². The number of nitrogens with one attached hydrogen (secondary N) is 1. The van der Waals surface area contributed by atoms with E-state index in [0.29, 0.717) is 37.6 Å². The van der Waals surface area contributed by atoms with E-state index in [9.17, 15) is 13.2 Å². The molecule has 1 aromatic carbocycles. The van der Waals surface area contributed by atoms with Gasteiger partial charge in [0.25, 0.3) is 0 Å². The highest BCUT2D eigenvalue weighted by Gasteiger charge is 2.28. The molecule has 28 heavy (non-hydrogen) atoms. The van der Waals surface area contributed by atoms with Crippen LogP contribution in [0.3, 0.4) is 0 Å². The monoisotopic (exact) mass is 411 g/mol. The quantitative estimate of drug-likeness (QED) is 0.777. The lowest BCUT2D eigenvalue weighted by molar-refractivity contribution is -0.117. The van der Waals surface area contributed by atoms with Gasteiger partial charge >= 0.3 is 0 Å². The molecule has 1 aromatic rings. The fourth-order valence-electron chi connectivity index (χ4n) is 3.11. The number of carbonyl (C=O) groups excluding carboxylic acids is 1. The highest BCUT2D eigenvalue weighted by molar-refractivity contribution is 7.89. The van der Waals surface area contributed by atoms with E-state index in [1.165, 1.54) is 4.31 Å². The first-order chi connectivity index (χ1) is 12.9. The smallest absolute Gasteiger partial charge is 0.243 e. The number of aryl methyl sites for hydroxylation is 1. The summed E-state index contributed by atoms with van der Waals surface area (Å²) in [5.74, 6) is -0.169. The van der Waals surface area contributed by atoms with E-state index in [-0.39, 0.29) is 28.8 Å². The van der Waals surface area contributed by atoms with E-state index in [2.05, 4.69) is 33.0 Å². The molecular weight excluding hydrogens is 378 g/mol. The minimum Gasteiger partial charge on any atom is -0.379 e. The lowest BCUT2D eigenvalue weighted by Crippen LogP contribution is -2.43. The summed E-state index contributed by atoms with van der Waals surface area (Å²) >= 11 is 0. The fourth-order valence-corrected chi connectivity index (χ4v) is 4.77. The Bertz CT molecular complexity index is 796. The molecule has 1 atom stereocenters. The Hall–Kier alpha value is -1.48. The molecule has 8 heteroatoms. The number of benzene rings is 1. The van der Waals surface area contributed by atoms with Crippen LogP contribution in [0.4, 0.5) is 5.69 Å². The number of nitrogens with zero attached hydrogens (tertiary/aromatic N) is 2. The Kier molecular flexibility index (Phi) is 7.25. The molecule has 7 nitrogen and oxygen atoms in total. The van der Waals surface area contributed by atoms with Crippen LogP contribution in [0.5, 0.6) is 0 Å². The maximum atomic E-state index is 13.0. The van der Waals surface area contributed by atoms with E-state index >= 15 is 0 Å². The number of morpholine rings is 1. The molecule has 0 saturated carbocycles. The SMILES string of the molecule is Cc1ccc(NC(=O)CN(C)[C@H](C)C(C)(C)C)cc1S(=O)(=O)N1CCOCC1. The predicted octanol–water partition coefficient (Wildman–Crippen LogP) is 2.32. The third kappa shape index (κ3) is 5.53. The zero-order valence-electron chi connectivity index (χ0n) is 17.8. The maximum absolute atomic E-state index is 13.0. The summed E-state index contributed by atoms with van der Waals surface area (Å²) in [6, 6.07) is 5.22. The summed E-state index contributed by atoms with van der Waals surface area (Å²) in [4.78, 5) is 14.7. The van der Waals surface area contributed by atoms with Gasteiger partial charge in [-0.2, -0.15) is 4.31 Å². The Balaban J connectivity index is 2.13. The summed E-state index contributed by atoms with van der Waals surface area (Å²) in [6.45, 7) is 12.0. The minimum atomic E-state index is -3.62. The molecule has 1 aliphatic rings. The molecule has 0 unspecified atom stereocenters. The minimum absolute atomic E-state index is 0.0539. The first-order valence-corrected chi connectivity index (χ1v) is 11.1. The standard InChI is InChI=1S/C20H33N3O4S/c1-15-7-8-17(21-19(24)14-22(6)16(2)20(3,4)5)13-18(15)28(25,26)23-9-11-27-12-10-23/h7-8,13,16H,9-12,14H2,1-6H3,(H,21,24)/t16-/m1/s1. The van der Waals surface area contributed by atoms with Crippen LogP contribution in [0.1, 0.15) is 33.3 Å². The number of hydrogen-bond donors (Lipinski definition) is 1. The molecule has 0 bridgehead atoms. The van der Waals surface area contributed by atoms with Gasteiger partial charge in [0.2, 0.25) is 15.9 Å². The normalized spacial score (nSPS) is 17.5. The summed E-state index contributed by atoms with van der Waals surface area (Å²) in [7, 11) is -1.70. The van der Waals surface area contributed by atoms with Crippen molar-refractivity contribution in [2.75, 3.05) is 45.2 Å². The predicted molar refractivity (Wildman–Crippen MR) is 111 cm³/mol. The summed E-state index contributed by atoms with van der Waals surface area (Å²) < 4.78 is 32.6. The van der Waals surface area contributed by atoms with Crippen LogP contribution < -0.4 is 5.32 Å². The largest absolute Gasteiger partial charge is 0.379 e. The lowest BCUT2D eigenvalue weighted by atomic mass is 9.87. The molecule has 1 N–H and O–H groups in total. The van der Waals surface area contributed by atoms with E-state index in [4.69, 9.17) is 4.74 Å². The molecule has 1 saturated heterocycles. The molecule has 0 aromatic heterocycles. The van der Waals surface area contributed by atoms with Crippen LogP contribution in [0, 0.1) is 12.3 Å². The Morgan fingerprint density at radius 2 is 1.89 bits per heavy atom. The molecular formula is C20H33N3O4S. The molecule has 1 amide bonds. The van der Waals surface area contributed by atoms with Crippen LogP contribution >= 0.6 is 0 Å². The zero-order chi connectivity index (χ0) is 21.1. The van der Waals surface area contributed by atoms with Crippen molar-refractivity contribution < 1.29 is 17.9 Å². The number of carbonyl (C=O) groups is 1. The van der Waals surface area contributed by atoms with E-state index in [1.807, 2.05) is 11.9 Å². The number of ether oxygens (including phenoxy) is 1. The van der Waals surface area contributed by atoms with Gasteiger partial charge in [-0.1, -0.05) is 26.8 Å². The van der Waals surface area contributed by atoms with Crippen molar-refractivity contribution in [2.45, 2.75) is 45.6 Å². The third-order valence-electron chi connectivity index (χ3n) is 5.37. The molecule has 1 heterocycles.